The number of aromatic nitrogens is 4. The van der Waals surface area contributed by atoms with Crippen molar-refractivity contribution in [2.45, 2.75) is 24.3 Å². The molecule has 0 aliphatic carbocycles. The lowest BCUT2D eigenvalue weighted by Crippen LogP contribution is -2.36. The van der Waals surface area contributed by atoms with E-state index in [1.54, 1.807) is 17.3 Å². The number of carbonyl (C=O) groups excluding carboxylic acids is 1. The van der Waals surface area contributed by atoms with Crippen molar-refractivity contribution in [3.8, 4) is 17.1 Å². The molecule has 1 atom stereocenters. The van der Waals surface area contributed by atoms with E-state index >= 15 is 0 Å². The third-order valence-electron chi connectivity index (χ3n) is 4.94. The molecule has 0 fully saturated rings. The third kappa shape index (κ3) is 4.69. The van der Waals surface area contributed by atoms with Gasteiger partial charge < -0.3 is 4.90 Å². The fourth-order valence-electron chi connectivity index (χ4n) is 3.36. The average molecular weight is 464 g/mol. The Morgan fingerprint density at radius 1 is 1.03 bits per heavy atom. The van der Waals surface area contributed by atoms with Crippen molar-refractivity contribution < 1.29 is 4.79 Å². The van der Waals surface area contributed by atoms with Gasteiger partial charge in [-0.1, -0.05) is 41.6 Å². The molecule has 1 amide bonds. The Labute approximate surface area is 196 Å². The summed E-state index contributed by atoms with van der Waals surface area (Å²) >= 11 is 7.48. The summed E-state index contributed by atoms with van der Waals surface area (Å²) in [5, 5.41) is 9.76. The van der Waals surface area contributed by atoms with Crippen molar-refractivity contribution in [3.63, 3.8) is 0 Å². The highest BCUT2D eigenvalue weighted by Gasteiger charge is 2.25. The number of benzene rings is 2. The molecular weight excluding hydrogens is 442 g/mol. The maximum absolute atomic E-state index is 13.3. The Hall–Kier alpha value is -3.16. The Bertz CT molecular complexity index is 1180. The Morgan fingerprint density at radius 3 is 2.38 bits per heavy atom. The zero-order valence-electron chi connectivity index (χ0n) is 17.7. The number of carbonyl (C=O) groups is 1. The van der Waals surface area contributed by atoms with E-state index in [0.717, 1.165) is 16.9 Å². The molecule has 0 radical (unpaired) electrons. The normalized spacial score (nSPS) is 11.8. The number of halogens is 1. The van der Waals surface area contributed by atoms with Crippen molar-refractivity contribution in [2.75, 3.05) is 11.4 Å². The largest absolute Gasteiger partial charge is 0.312 e. The van der Waals surface area contributed by atoms with E-state index in [0.29, 0.717) is 22.5 Å². The van der Waals surface area contributed by atoms with Crippen molar-refractivity contribution in [1.29, 1.82) is 0 Å². The van der Waals surface area contributed by atoms with Gasteiger partial charge in [0, 0.05) is 40.9 Å². The second-order valence-corrected chi connectivity index (χ2v) is 8.78. The minimum Gasteiger partial charge on any atom is -0.312 e. The molecule has 8 heteroatoms. The monoisotopic (exact) mass is 463 g/mol. The maximum Gasteiger partial charge on any atom is 0.240 e. The molecule has 0 N–H and O–H groups in total. The maximum atomic E-state index is 13.3. The lowest BCUT2D eigenvalue weighted by Gasteiger charge is -2.24. The van der Waals surface area contributed by atoms with Gasteiger partial charge in [-0.2, -0.15) is 0 Å². The van der Waals surface area contributed by atoms with Gasteiger partial charge in [0.1, 0.15) is 0 Å². The SMILES string of the molecule is CCN(C(=O)C(C)Sc1nnc(-c2ccncc2)n1-c1ccc(Cl)cc1)c1ccccc1. The summed E-state index contributed by atoms with van der Waals surface area (Å²) in [5.74, 6) is 0.687. The molecule has 0 saturated carbocycles. The second kappa shape index (κ2) is 9.97. The molecule has 0 aliphatic heterocycles. The standard InChI is InChI=1S/C24H22ClN5OS/c1-3-29(20-7-5-4-6-8-20)23(31)17(2)32-24-28-27-22(18-13-15-26-16-14-18)30(24)21-11-9-19(25)10-12-21/h4-17H,3H2,1-2H3. The zero-order valence-corrected chi connectivity index (χ0v) is 19.3. The molecule has 2 heterocycles. The molecule has 2 aromatic carbocycles. The van der Waals surface area contributed by atoms with E-state index in [1.165, 1.54) is 11.8 Å². The number of thioether (sulfide) groups is 1. The molecule has 2 aromatic heterocycles. The van der Waals surface area contributed by atoms with Crippen LogP contribution in [-0.4, -0.2) is 37.5 Å². The van der Waals surface area contributed by atoms with E-state index in [4.69, 9.17) is 11.6 Å². The first-order valence-corrected chi connectivity index (χ1v) is 11.5. The predicted octanol–water partition coefficient (Wildman–Crippen LogP) is 5.52. The number of para-hydroxylation sites is 1. The number of nitrogens with zero attached hydrogens (tertiary/aromatic N) is 5. The summed E-state index contributed by atoms with van der Waals surface area (Å²) < 4.78 is 1.94. The van der Waals surface area contributed by atoms with Crippen LogP contribution in [0.2, 0.25) is 5.02 Å². The summed E-state index contributed by atoms with van der Waals surface area (Å²) in [4.78, 5) is 19.1. The van der Waals surface area contributed by atoms with Crippen LogP contribution in [-0.2, 0) is 4.79 Å². The second-order valence-electron chi connectivity index (χ2n) is 7.03. The van der Waals surface area contributed by atoms with Crippen LogP contribution in [0.3, 0.4) is 0 Å². The zero-order chi connectivity index (χ0) is 22.5. The lowest BCUT2D eigenvalue weighted by atomic mass is 10.2. The molecule has 1 unspecified atom stereocenters. The first kappa shape index (κ1) is 22.0. The van der Waals surface area contributed by atoms with Crippen molar-refractivity contribution >= 4 is 35.0 Å². The predicted molar refractivity (Wildman–Crippen MR) is 129 cm³/mol. The van der Waals surface area contributed by atoms with Gasteiger partial charge in [-0.25, -0.2) is 0 Å². The molecule has 0 spiro atoms. The minimum atomic E-state index is -0.365. The molecule has 0 bridgehead atoms. The number of anilines is 1. The molecule has 162 valence electrons. The average Bonchev–Trinajstić information content (AvgIpc) is 3.24. The van der Waals surface area contributed by atoms with Crippen LogP contribution in [0.5, 0.6) is 0 Å². The lowest BCUT2D eigenvalue weighted by molar-refractivity contribution is -0.117. The number of rotatable bonds is 7. The molecule has 4 rings (SSSR count). The summed E-state index contributed by atoms with van der Waals surface area (Å²) in [6.07, 6.45) is 3.43. The number of hydrogen-bond donors (Lipinski definition) is 0. The summed E-state index contributed by atoms with van der Waals surface area (Å²) in [6.45, 7) is 4.45. The Balaban J connectivity index is 1.68. The molecule has 0 aliphatic rings. The Kier molecular flexibility index (Phi) is 6.87. The molecule has 32 heavy (non-hydrogen) atoms. The van der Waals surface area contributed by atoms with Gasteiger partial charge >= 0.3 is 0 Å². The van der Waals surface area contributed by atoms with Crippen LogP contribution in [0.1, 0.15) is 13.8 Å². The number of hydrogen-bond acceptors (Lipinski definition) is 5. The van der Waals surface area contributed by atoms with E-state index in [9.17, 15) is 4.79 Å². The quantitative estimate of drug-likeness (QED) is 0.338. The Morgan fingerprint density at radius 2 is 1.72 bits per heavy atom. The summed E-state index contributed by atoms with van der Waals surface area (Å²) in [5.41, 5.74) is 2.63. The van der Waals surface area contributed by atoms with Crippen molar-refractivity contribution in [3.05, 3.63) is 84.1 Å². The van der Waals surface area contributed by atoms with E-state index in [1.807, 2.05) is 85.1 Å². The fraction of sp³-hybridized carbons (Fsp3) is 0.167. The molecule has 0 saturated heterocycles. The summed E-state index contributed by atoms with van der Waals surface area (Å²) in [6, 6.07) is 20.9. The molecule has 4 aromatic rings. The summed E-state index contributed by atoms with van der Waals surface area (Å²) in [7, 11) is 0. The first-order chi connectivity index (χ1) is 15.6. The molecule has 6 nitrogen and oxygen atoms in total. The van der Waals surface area contributed by atoms with Crippen LogP contribution in [0.15, 0.2) is 84.3 Å². The smallest absolute Gasteiger partial charge is 0.240 e. The van der Waals surface area contributed by atoms with Gasteiger partial charge in [0.2, 0.25) is 5.91 Å². The minimum absolute atomic E-state index is 0.0137. The van der Waals surface area contributed by atoms with Crippen LogP contribution in [0, 0.1) is 0 Å². The van der Waals surface area contributed by atoms with Crippen LogP contribution < -0.4 is 4.90 Å². The highest BCUT2D eigenvalue weighted by Crippen LogP contribution is 2.31. The molecular formula is C24H22ClN5OS. The van der Waals surface area contributed by atoms with Crippen LogP contribution in [0.4, 0.5) is 5.69 Å². The van der Waals surface area contributed by atoms with E-state index in [2.05, 4.69) is 15.2 Å². The number of pyridine rings is 1. The van der Waals surface area contributed by atoms with Crippen LogP contribution in [0.25, 0.3) is 17.1 Å². The van der Waals surface area contributed by atoms with E-state index < -0.39 is 0 Å². The fourth-order valence-corrected chi connectivity index (χ4v) is 4.41. The number of amides is 1. The van der Waals surface area contributed by atoms with Gasteiger partial charge in [-0.05, 0) is 62.4 Å². The van der Waals surface area contributed by atoms with Gasteiger partial charge in [0.05, 0.1) is 5.25 Å². The van der Waals surface area contributed by atoms with Crippen molar-refractivity contribution in [1.82, 2.24) is 19.7 Å². The van der Waals surface area contributed by atoms with Crippen LogP contribution >= 0.6 is 23.4 Å². The highest BCUT2D eigenvalue weighted by molar-refractivity contribution is 8.00. The van der Waals surface area contributed by atoms with Gasteiger partial charge in [-0.3, -0.25) is 14.3 Å². The van der Waals surface area contributed by atoms with Gasteiger partial charge in [-0.15, -0.1) is 10.2 Å². The van der Waals surface area contributed by atoms with Crippen molar-refractivity contribution in [2.24, 2.45) is 0 Å². The van der Waals surface area contributed by atoms with E-state index in [-0.39, 0.29) is 11.2 Å². The first-order valence-electron chi connectivity index (χ1n) is 10.2. The van der Waals surface area contributed by atoms with Gasteiger partial charge in [0.15, 0.2) is 11.0 Å². The highest BCUT2D eigenvalue weighted by atomic mass is 35.5. The topological polar surface area (TPSA) is 63.9 Å². The van der Waals surface area contributed by atoms with Gasteiger partial charge in [0.25, 0.3) is 0 Å². The third-order valence-corrected chi connectivity index (χ3v) is 6.22.